The quantitative estimate of drug-likeness (QED) is 0.0531. The molecule has 5 aliphatic rings. The molecule has 0 radical (unpaired) electrons. The SMILES string of the molecule is CC(C)(C)c1ccc(Sc2ccc([S+](c3ccccc3)c3ccccc3)cc2)cc1.C[S+](C1CCCCC1)C1CCCC1=O.Cc1ccc(Sc2ccc([S+](c3ccccc3)c3ccccc3)cc2)cc1.Cc1ccc([S+](c2ccccc2)c2ccc(Sc3ccccc3)cc2)cc1.O=C1CCCCC1[S+](C1CCCCC1)C1CCCCC1.c1ccc(Sc2ccc([S+](c3ccccc3)c3ccccc3)cc2)cc1. The van der Waals surface area contributed by atoms with Crippen molar-refractivity contribution in [3.63, 3.8) is 0 Å². The van der Waals surface area contributed by atoms with Gasteiger partial charge in [0.15, 0.2) is 80.8 Å². The molecule has 734 valence electrons. The van der Waals surface area contributed by atoms with Crippen LogP contribution in [0, 0.1) is 13.8 Å². The van der Waals surface area contributed by atoms with Crippen LogP contribution in [0.5, 0.6) is 0 Å². The zero-order valence-corrected chi connectivity index (χ0v) is 92.7. The van der Waals surface area contributed by atoms with Crippen LogP contribution < -0.4 is 0 Å². The topological polar surface area (TPSA) is 34.1 Å². The maximum atomic E-state index is 12.5. The van der Waals surface area contributed by atoms with Crippen molar-refractivity contribution in [2.45, 2.75) is 305 Å². The highest BCUT2D eigenvalue weighted by atomic mass is 32.2. The van der Waals surface area contributed by atoms with Crippen molar-refractivity contribution >= 4 is 124 Å². The summed E-state index contributed by atoms with van der Waals surface area (Å²) in [6.45, 7) is 11.0. The summed E-state index contributed by atoms with van der Waals surface area (Å²) in [7, 11) is 0.486. The molecule has 4 atom stereocenters. The van der Waals surface area contributed by atoms with Gasteiger partial charge in [-0.2, -0.15) is 0 Å². The van der Waals surface area contributed by atoms with E-state index in [2.05, 4.69) is 484 Å². The number of hydrogen-bond acceptors (Lipinski definition) is 6. The zero-order chi connectivity index (χ0) is 99.3. The van der Waals surface area contributed by atoms with Gasteiger partial charge < -0.3 is 0 Å². The number of aryl methyl sites for hydroxylation is 2. The molecule has 0 spiro atoms. The third-order valence-electron chi connectivity index (χ3n) is 27.0. The van der Waals surface area contributed by atoms with Crippen molar-refractivity contribution in [1.82, 2.24) is 0 Å². The Labute approximate surface area is 896 Å². The first kappa shape index (κ1) is 107. The van der Waals surface area contributed by atoms with Gasteiger partial charge in [0.2, 0.25) is 0 Å². The van der Waals surface area contributed by atoms with Crippen LogP contribution in [-0.2, 0) is 80.4 Å². The smallest absolute Gasteiger partial charge is 0.184 e. The molecule has 0 amide bonds. The molecule has 0 saturated heterocycles. The minimum absolute atomic E-state index is 0.0786. The molecule has 0 aromatic heterocycles. The molecule has 0 heterocycles. The Morgan fingerprint density at radius 3 is 0.667 bits per heavy atom. The summed E-state index contributed by atoms with van der Waals surface area (Å²) in [4.78, 5) is 50.6. The second-order valence-corrected chi connectivity index (χ2v) is 56.4. The van der Waals surface area contributed by atoms with Crippen LogP contribution >= 0.6 is 47.0 Å². The molecule has 21 rings (SSSR count). The third kappa shape index (κ3) is 32.0. The predicted molar refractivity (Wildman–Crippen MR) is 628 cm³/mol. The van der Waals surface area contributed by atoms with Gasteiger partial charge in [0.25, 0.3) is 0 Å². The lowest BCUT2D eigenvalue weighted by Gasteiger charge is -2.35. The lowest BCUT2D eigenvalue weighted by atomic mass is 9.87. The molecule has 0 aliphatic heterocycles. The summed E-state index contributed by atoms with van der Waals surface area (Å²) in [6, 6.07) is 159. The lowest BCUT2D eigenvalue weighted by Crippen LogP contribution is -2.47. The zero-order valence-electron chi connectivity index (χ0n) is 84.5. The fourth-order valence-electron chi connectivity index (χ4n) is 19.4. The van der Waals surface area contributed by atoms with E-state index in [9.17, 15) is 9.59 Å². The average Bonchev–Trinajstić information content (AvgIpc) is 1.21. The summed E-state index contributed by atoms with van der Waals surface area (Å²) < 4.78 is 0. The van der Waals surface area contributed by atoms with E-state index in [1.165, 1.54) is 237 Å². The predicted octanol–water partition coefficient (Wildman–Crippen LogP) is 37.1. The molecule has 144 heavy (non-hydrogen) atoms. The van der Waals surface area contributed by atoms with Gasteiger partial charge in [0.1, 0.15) is 15.7 Å². The maximum Gasteiger partial charge on any atom is 0.184 e. The van der Waals surface area contributed by atoms with Gasteiger partial charge >= 0.3 is 0 Å². The molecule has 4 unspecified atom stereocenters. The van der Waals surface area contributed by atoms with Crippen LogP contribution in [0.25, 0.3) is 0 Å². The van der Waals surface area contributed by atoms with Crippen molar-refractivity contribution in [3.8, 4) is 0 Å². The lowest BCUT2D eigenvalue weighted by molar-refractivity contribution is -0.120. The van der Waals surface area contributed by atoms with E-state index in [4.69, 9.17) is 0 Å². The largest absolute Gasteiger partial charge is 0.294 e. The number of carbonyl (C=O) groups excluding carboxylic acids is 2. The van der Waals surface area contributed by atoms with E-state index in [1.54, 1.807) is 23.5 Å². The second kappa shape index (κ2) is 56.5. The van der Waals surface area contributed by atoms with E-state index in [0.29, 0.717) is 43.9 Å². The van der Waals surface area contributed by atoms with Crippen molar-refractivity contribution in [3.05, 3.63) is 460 Å². The average molecular weight is 2080 g/mol. The third-order valence-corrected chi connectivity index (χ3v) is 46.5. The van der Waals surface area contributed by atoms with Gasteiger partial charge in [-0.05, 0) is 375 Å². The molecule has 0 N–H and O–H groups in total. The minimum Gasteiger partial charge on any atom is -0.294 e. The van der Waals surface area contributed by atoms with Crippen LogP contribution in [0.4, 0.5) is 0 Å². The van der Waals surface area contributed by atoms with Gasteiger partial charge in [-0.3, -0.25) is 9.59 Å². The highest BCUT2D eigenvalue weighted by Gasteiger charge is 2.49. The first-order chi connectivity index (χ1) is 70.6. The fourth-order valence-corrected chi connectivity index (χ4v) is 37.7. The van der Waals surface area contributed by atoms with E-state index in [-0.39, 0.29) is 49.0 Å². The van der Waals surface area contributed by atoms with Crippen LogP contribution in [0.2, 0.25) is 0 Å². The maximum absolute atomic E-state index is 12.5. The molecule has 2 nitrogen and oxygen atoms in total. The first-order valence-corrected chi connectivity index (χ1v) is 63.2. The standard InChI is InChI=1S/C28H27S2.2C25H21S2.C24H19S2.C18H31OS.C12H21OS/c1-28(2,3)22-14-16-23(17-15-22)29-24-18-20-27(21-19-24)30(25-10-6-4-7-11-25)26-12-8-5-9-13-26;1-20-12-16-24(17-13-20)27(23-10-6-3-7-11-23)25-18-14-22(15-19-25)26-21-8-4-2-5-9-21;1-20-12-14-21(15-13-20)26-22-16-18-25(19-17-22)27(23-8-4-2-5-9-23)24-10-6-3-7-11-24;1-4-10-20(11-5-1)25-21-16-18-24(19-17-21)26(22-12-6-2-7-13-22)23-14-8-3-9-15-23;19-17-13-7-8-14-18(17)20(15-9-3-1-4-10-15)16-11-5-2-6-12-16;1-14(10-6-3-2-4-7-10)12-9-5-8-11(12)13/h4-21H,1-3H3;2*2-19H,1H3;1-19H;15-16,18H,1-14H2;10,12H,2-9H2,1H3/q6*+1. The van der Waals surface area contributed by atoms with Crippen molar-refractivity contribution in [2.24, 2.45) is 0 Å². The summed E-state index contributed by atoms with van der Waals surface area (Å²) in [5, 5.41) is 3.65. The molecular weight excluding hydrogens is 1940 g/mol. The van der Waals surface area contributed by atoms with Gasteiger partial charge in [-0.25, -0.2) is 0 Å². The molecule has 5 saturated carbocycles. The summed E-state index contributed by atoms with van der Waals surface area (Å²) in [6.07, 6.45) is 31.6. The number of Topliss-reactive ketones (excluding diaryl/α,β-unsaturated/α-hetero) is 2. The Morgan fingerprint density at radius 1 is 0.208 bits per heavy atom. The summed E-state index contributed by atoms with van der Waals surface area (Å²) in [5.41, 5.74) is 4.15. The number of benzene rings is 16. The molecule has 5 fully saturated rings. The molecule has 16 aromatic rings. The first-order valence-electron chi connectivity index (χ1n) is 51.8. The molecule has 5 aliphatic carbocycles. The second-order valence-electron chi connectivity index (χ2n) is 38.6. The van der Waals surface area contributed by atoms with Crippen LogP contribution in [-0.4, -0.2) is 44.1 Å². The highest BCUT2D eigenvalue weighted by molar-refractivity contribution is 8.01. The Hall–Kier alpha value is -9.64. The van der Waals surface area contributed by atoms with E-state index >= 15 is 0 Å². The monoisotopic (exact) mass is 2080 g/mol. The molecular formula is C132H140O2S10+6. The molecule has 12 heteroatoms. The van der Waals surface area contributed by atoms with Crippen molar-refractivity contribution < 1.29 is 9.59 Å². The number of carbonyl (C=O) groups is 2. The Kier molecular flexibility index (Phi) is 42.0. The van der Waals surface area contributed by atoms with E-state index in [0.717, 1.165) is 35.0 Å². The summed E-state index contributed by atoms with van der Waals surface area (Å²) >= 11 is 7.24. The molecule has 16 aromatic carbocycles. The molecule has 0 bridgehead atoms. The van der Waals surface area contributed by atoms with Crippen molar-refractivity contribution in [2.75, 3.05) is 6.26 Å². The number of hydrogen-bond donors (Lipinski definition) is 0. The normalized spacial score (nSPS) is 16.0. The van der Waals surface area contributed by atoms with Crippen LogP contribution in [0.1, 0.15) is 179 Å². The number of rotatable bonds is 25. The van der Waals surface area contributed by atoms with Crippen molar-refractivity contribution in [1.29, 1.82) is 0 Å². The van der Waals surface area contributed by atoms with E-state index < -0.39 is 0 Å². The highest BCUT2D eigenvalue weighted by Crippen LogP contribution is 2.44. The Bertz CT molecular complexity index is 6280. The van der Waals surface area contributed by atoms with Gasteiger partial charge in [0, 0.05) is 75.7 Å². The van der Waals surface area contributed by atoms with Gasteiger partial charge in [-0.1, -0.05) is 298 Å². The minimum atomic E-state index is -0.0917. The summed E-state index contributed by atoms with van der Waals surface area (Å²) in [5.74, 6) is 1.22. The van der Waals surface area contributed by atoms with E-state index in [1.807, 2.05) is 23.5 Å². The fraction of sp³-hybridized carbons (Fsp3) is 0.258. The van der Waals surface area contributed by atoms with Crippen LogP contribution in [0.15, 0.2) is 541 Å². The van der Waals surface area contributed by atoms with Gasteiger partial charge in [-0.15, -0.1) is 0 Å². The Morgan fingerprint density at radius 2 is 0.410 bits per heavy atom. The van der Waals surface area contributed by atoms with Gasteiger partial charge in [0.05, 0.1) is 49.8 Å². The Balaban J connectivity index is 0.000000125. The van der Waals surface area contributed by atoms with Crippen LogP contribution in [0.3, 0.4) is 0 Å². The number of ketones is 2.